The van der Waals surface area contributed by atoms with Gasteiger partial charge in [0.2, 0.25) is 29.1 Å². The Bertz CT molecular complexity index is 3140. The first-order valence-corrected chi connectivity index (χ1v) is 19.7. The van der Waals surface area contributed by atoms with E-state index in [1.165, 1.54) is 0 Å². The number of para-hydroxylation sites is 4. The van der Waals surface area contributed by atoms with E-state index in [0.717, 1.165) is 72.2 Å². The standard InChI is InChI=1S/C49H36N8O2/c1-31-56(28-38-24-20-34-12-4-8-16-42(34)52-38)46-47(57(31)29-39-25-21-35-13-5-9-17-43(35)53-39)49(59)45-44(48(46)58)54(26-36-22-18-32-10-2-6-14-40(32)50-36)30-55(45)27-37-23-19-33-11-3-7-15-41(33)51-37/h2-25,30H,26-29H2,1H3/q+2. The van der Waals surface area contributed by atoms with Crippen LogP contribution in [0.2, 0.25) is 0 Å². The van der Waals surface area contributed by atoms with Crippen molar-refractivity contribution in [2.75, 3.05) is 0 Å². The summed E-state index contributed by atoms with van der Waals surface area (Å²) in [5.41, 5.74) is 7.84. The average molecular weight is 769 g/mol. The second kappa shape index (κ2) is 13.7. The Morgan fingerprint density at radius 1 is 0.458 bits per heavy atom. The number of hydrogen-bond acceptors (Lipinski definition) is 6. The number of benzene rings is 4. The first kappa shape index (κ1) is 34.5. The molecule has 4 aromatic carbocycles. The molecule has 282 valence electrons. The summed E-state index contributed by atoms with van der Waals surface area (Å²) in [6.45, 7) is 3.11. The summed E-state index contributed by atoms with van der Waals surface area (Å²) in [4.78, 5) is 50.8. The van der Waals surface area contributed by atoms with Gasteiger partial charge in [-0.05, 0) is 48.5 Å². The van der Waals surface area contributed by atoms with Crippen molar-refractivity contribution in [1.82, 2.24) is 29.1 Å². The normalized spacial score (nSPS) is 12.5. The van der Waals surface area contributed by atoms with E-state index in [1.54, 1.807) is 0 Å². The highest BCUT2D eigenvalue weighted by Gasteiger charge is 2.50. The highest BCUT2D eigenvalue weighted by Crippen LogP contribution is 2.29. The molecule has 0 saturated heterocycles. The summed E-state index contributed by atoms with van der Waals surface area (Å²) in [5.74, 6) is 0.265. The lowest BCUT2D eigenvalue weighted by molar-refractivity contribution is -0.700. The average Bonchev–Trinajstić information content (AvgIpc) is 3.76. The molecular weight excluding hydrogens is 733 g/mol. The molecule has 10 aromatic rings. The monoisotopic (exact) mass is 768 g/mol. The second-order valence-electron chi connectivity index (χ2n) is 15.1. The van der Waals surface area contributed by atoms with Crippen molar-refractivity contribution >= 4 is 55.2 Å². The van der Waals surface area contributed by atoms with Crippen molar-refractivity contribution in [2.24, 2.45) is 0 Å². The number of imidazole rings is 2. The number of fused-ring (bicyclic) bond motifs is 6. The van der Waals surface area contributed by atoms with Crippen LogP contribution in [0.1, 0.15) is 61.0 Å². The largest absolute Gasteiger partial charge is 0.280 e. The molecule has 0 radical (unpaired) electrons. The van der Waals surface area contributed by atoms with Crippen LogP contribution in [0, 0.1) is 6.92 Å². The first-order chi connectivity index (χ1) is 28.9. The number of pyridine rings is 4. The molecule has 10 heteroatoms. The number of aromatic nitrogens is 8. The van der Waals surface area contributed by atoms with Gasteiger partial charge in [0.05, 0.1) is 44.8 Å². The van der Waals surface area contributed by atoms with Crippen LogP contribution < -0.4 is 9.13 Å². The fourth-order valence-electron chi connectivity index (χ4n) is 8.53. The van der Waals surface area contributed by atoms with Gasteiger partial charge in [0, 0.05) is 28.5 Å². The van der Waals surface area contributed by atoms with Gasteiger partial charge in [-0.15, -0.1) is 0 Å². The summed E-state index contributed by atoms with van der Waals surface area (Å²) in [5, 5.41) is 4.11. The van der Waals surface area contributed by atoms with Crippen molar-refractivity contribution in [3.63, 3.8) is 0 Å². The van der Waals surface area contributed by atoms with Crippen LogP contribution in [-0.2, 0) is 26.2 Å². The number of nitrogens with zero attached hydrogens (tertiary/aromatic N) is 8. The number of hydrogen-bond donors (Lipinski definition) is 0. The highest BCUT2D eigenvalue weighted by atomic mass is 16.1. The predicted molar refractivity (Wildman–Crippen MR) is 224 cm³/mol. The number of carbonyl (C=O) groups is 2. The van der Waals surface area contributed by atoms with E-state index in [9.17, 15) is 0 Å². The minimum atomic E-state index is -0.241. The van der Waals surface area contributed by atoms with E-state index >= 15 is 9.59 Å². The number of rotatable bonds is 8. The molecule has 0 bridgehead atoms. The summed E-state index contributed by atoms with van der Waals surface area (Å²) in [6.07, 6.45) is 1.87. The van der Waals surface area contributed by atoms with E-state index in [2.05, 4.69) is 0 Å². The van der Waals surface area contributed by atoms with Crippen LogP contribution in [0.4, 0.5) is 0 Å². The van der Waals surface area contributed by atoms with Crippen LogP contribution in [-0.4, -0.2) is 40.6 Å². The maximum Gasteiger partial charge on any atom is 0.280 e. The predicted octanol–water partition coefficient (Wildman–Crippen LogP) is 7.33. The Balaban J connectivity index is 1.09. The molecule has 59 heavy (non-hydrogen) atoms. The summed E-state index contributed by atoms with van der Waals surface area (Å²) in [7, 11) is 0. The maximum absolute atomic E-state index is 15.4. The van der Waals surface area contributed by atoms with Crippen LogP contribution in [0.25, 0.3) is 43.6 Å². The zero-order valence-electron chi connectivity index (χ0n) is 32.2. The van der Waals surface area contributed by atoms with Gasteiger partial charge in [0.1, 0.15) is 26.2 Å². The molecule has 6 aromatic heterocycles. The molecule has 0 aliphatic heterocycles. The van der Waals surface area contributed by atoms with Crippen LogP contribution in [0.15, 0.2) is 152 Å². The van der Waals surface area contributed by atoms with Crippen molar-refractivity contribution < 1.29 is 18.7 Å². The van der Waals surface area contributed by atoms with Gasteiger partial charge in [-0.1, -0.05) is 97.1 Å². The molecule has 0 unspecified atom stereocenters. The Morgan fingerprint density at radius 2 is 0.898 bits per heavy atom. The Labute approximate surface area is 338 Å². The number of carbonyl (C=O) groups excluding carboxylic acids is 2. The summed E-state index contributed by atoms with van der Waals surface area (Å²) < 4.78 is 7.68. The third kappa shape index (κ3) is 5.96. The molecule has 0 amide bonds. The second-order valence-corrected chi connectivity index (χ2v) is 15.1. The molecule has 6 heterocycles. The molecule has 11 rings (SSSR count). The van der Waals surface area contributed by atoms with E-state index in [0.29, 0.717) is 35.9 Å². The molecule has 10 nitrogen and oxygen atoms in total. The molecule has 0 spiro atoms. The van der Waals surface area contributed by atoms with E-state index < -0.39 is 0 Å². The van der Waals surface area contributed by atoms with Crippen molar-refractivity contribution in [1.29, 1.82) is 0 Å². The Kier molecular flexibility index (Phi) is 8.04. The molecule has 0 fully saturated rings. The highest BCUT2D eigenvalue weighted by molar-refractivity contribution is 6.24. The summed E-state index contributed by atoms with van der Waals surface area (Å²) in [6, 6.07) is 48.0. The Hall–Kier alpha value is -7.72. The van der Waals surface area contributed by atoms with E-state index in [-0.39, 0.29) is 24.7 Å². The molecular formula is C49H36N8O2+2. The minimum absolute atomic E-state index is 0.241. The van der Waals surface area contributed by atoms with E-state index in [4.69, 9.17) is 19.9 Å². The van der Waals surface area contributed by atoms with Gasteiger partial charge < -0.3 is 0 Å². The van der Waals surface area contributed by atoms with Gasteiger partial charge in [0.15, 0.2) is 0 Å². The van der Waals surface area contributed by atoms with Crippen LogP contribution in [0.5, 0.6) is 0 Å². The van der Waals surface area contributed by atoms with Gasteiger partial charge in [-0.2, -0.15) is 0 Å². The summed E-state index contributed by atoms with van der Waals surface area (Å²) >= 11 is 0. The van der Waals surface area contributed by atoms with Crippen molar-refractivity contribution in [3.8, 4) is 0 Å². The third-order valence-electron chi connectivity index (χ3n) is 11.4. The molecule has 1 aliphatic rings. The fourth-order valence-corrected chi connectivity index (χ4v) is 8.53. The lowest BCUT2D eigenvalue weighted by Gasteiger charge is -2.10. The lowest BCUT2D eigenvalue weighted by atomic mass is 9.97. The fraction of sp³-hybridized carbons (Fsp3) is 0.102. The molecule has 0 saturated carbocycles. The van der Waals surface area contributed by atoms with Gasteiger partial charge >= 0.3 is 0 Å². The van der Waals surface area contributed by atoms with Gasteiger partial charge in [-0.3, -0.25) is 9.59 Å². The zero-order valence-corrected chi connectivity index (χ0v) is 32.2. The minimum Gasteiger partial charge on any atom is -0.280 e. The van der Waals surface area contributed by atoms with Crippen LogP contribution in [0.3, 0.4) is 0 Å². The molecule has 1 aliphatic carbocycles. The number of ketones is 2. The zero-order chi connectivity index (χ0) is 39.6. The maximum atomic E-state index is 15.4. The molecule has 0 atom stereocenters. The van der Waals surface area contributed by atoms with Gasteiger partial charge in [0.25, 0.3) is 17.4 Å². The third-order valence-corrected chi connectivity index (χ3v) is 11.4. The van der Waals surface area contributed by atoms with Crippen LogP contribution >= 0.6 is 0 Å². The quantitative estimate of drug-likeness (QED) is 0.150. The Morgan fingerprint density at radius 3 is 1.42 bits per heavy atom. The first-order valence-electron chi connectivity index (χ1n) is 19.7. The van der Waals surface area contributed by atoms with Crippen molar-refractivity contribution in [2.45, 2.75) is 33.1 Å². The lowest BCUT2D eigenvalue weighted by Crippen LogP contribution is -2.48. The topological polar surface area (TPSA) is 103 Å². The SMILES string of the molecule is Cc1n(Cc2ccc3ccccc3n2)c2c([n+]1Cc1ccc3ccccc3n1)C(=O)c1c(n(Cc3ccc4ccccc4n3)c[n+]1Cc1ccc3ccccc3n1)C2=O. The van der Waals surface area contributed by atoms with Crippen molar-refractivity contribution in [3.05, 3.63) is 203 Å². The smallest absolute Gasteiger partial charge is 0.280 e. The van der Waals surface area contributed by atoms with E-state index in [1.807, 2.05) is 177 Å². The van der Waals surface area contributed by atoms with Gasteiger partial charge in [-0.25, -0.2) is 38.2 Å². The molecule has 0 N–H and O–H groups in total.